The Bertz CT molecular complexity index is 1130. The summed E-state index contributed by atoms with van der Waals surface area (Å²) in [5, 5.41) is 9.12. The zero-order chi connectivity index (χ0) is 23.5. The lowest BCUT2D eigenvalue weighted by Gasteiger charge is -2.20. The van der Waals surface area contributed by atoms with Gasteiger partial charge in [0.1, 0.15) is 6.10 Å². The Labute approximate surface area is 208 Å². The highest BCUT2D eigenvalue weighted by atomic mass is 79.9. The van der Waals surface area contributed by atoms with Crippen LogP contribution >= 0.6 is 27.7 Å². The quantitative estimate of drug-likeness (QED) is 0.445. The molecule has 172 valence electrons. The number of fused-ring (bicyclic) bond motifs is 1. The van der Waals surface area contributed by atoms with Gasteiger partial charge in [-0.3, -0.25) is 4.79 Å². The van der Waals surface area contributed by atoms with Gasteiger partial charge in [0.15, 0.2) is 0 Å². The molecule has 0 fully saturated rings. The number of halogens is 1. The lowest BCUT2D eigenvalue weighted by molar-refractivity contribution is -0.137. The van der Waals surface area contributed by atoms with Crippen LogP contribution in [0.1, 0.15) is 53.9 Å². The fourth-order valence-corrected chi connectivity index (χ4v) is 6.49. The summed E-state index contributed by atoms with van der Waals surface area (Å²) in [5.41, 5.74) is 7.03. The number of aromatic nitrogens is 1. The molecule has 0 bridgehead atoms. The number of pyridine rings is 1. The molecule has 0 amide bonds. The molecular formula is C27H28BrNO3S. The van der Waals surface area contributed by atoms with Crippen LogP contribution in [0.15, 0.2) is 64.1 Å². The van der Waals surface area contributed by atoms with E-state index < -0.39 is 5.97 Å². The van der Waals surface area contributed by atoms with E-state index in [2.05, 4.69) is 71.7 Å². The standard InChI is InChI=1S/C27H28BrNO3S/c1-16-8-9-21(6-4-5-7-22(16)27-17(2)10-20(28)11-18(27)3)32-25-13-24-23(14-29-25)19(15-33-24)12-26(30)31/h4-5,7,10-11,13-14,19,21H,1,6,8-9,12,15H2,2-3H3,(H,30,31)/b5-4-,22-7+/t19-,21?/m1/s1. The molecule has 1 unspecified atom stereocenters. The van der Waals surface area contributed by atoms with Crippen LogP contribution in [0.25, 0.3) is 5.57 Å². The first-order valence-corrected chi connectivity index (χ1v) is 12.9. The first-order chi connectivity index (χ1) is 15.8. The van der Waals surface area contributed by atoms with Crippen molar-refractivity contribution < 1.29 is 14.6 Å². The van der Waals surface area contributed by atoms with E-state index in [1.54, 1.807) is 18.0 Å². The summed E-state index contributed by atoms with van der Waals surface area (Å²) in [5.74, 6) is 0.638. The molecule has 2 heterocycles. The van der Waals surface area contributed by atoms with E-state index in [-0.39, 0.29) is 18.4 Å². The molecular weight excluding hydrogens is 498 g/mol. The summed E-state index contributed by atoms with van der Waals surface area (Å²) in [6.07, 6.45) is 10.8. The Hall–Kier alpha value is -2.31. The number of aryl methyl sites for hydroxylation is 2. The van der Waals surface area contributed by atoms with Crippen LogP contribution in [-0.4, -0.2) is 27.9 Å². The molecule has 2 atom stereocenters. The zero-order valence-electron chi connectivity index (χ0n) is 18.9. The minimum absolute atomic E-state index is 0.00429. The lowest BCUT2D eigenvalue weighted by Crippen LogP contribution is -2.16. The summed E-state index contributed by atoms with van der Waals surface area (Å²) < 4.78 is 7.37. The predicted octanol–water partition coefficient (Wildman–Crippen LogP) is 7.25. The van der Waals surface area contributed by atoms with Gasteiger partial charge in [0.25, 0.3) is 0 Å². The number of ether oxygens (including phenoxy) is 1. The second-order valence-corrected chi connectivity index (χ2v) is 10.7. The molecule has 1 N–H and O–H groups in total. The van der Waals surface area contributed by atoms with Crippen LogP contribution in [0.2, 0.25) is 0 Å². The molecule has 0 saturated carbocycles. The van der Waals surface area contributed by atoms with Crippen molar-refractivity contribution in [1.29, 1.82) is 0 Å². The Morgan fingerprint density at radius 2 is 2.06 bits per heavy atom. The van der Waals surface area contributed by atoms with E-state index in [9.17, 15) is 4.79 Å². The normalized spacial score (nSPS) is 23.0. The van der Waals surface area contributed by atoms with E-state index in [1.165, 1.54) is 22.3 Å². The molecule has 2 aromatic rings. The predicted molar refractivity (Wildman–Crippen MR) is 138 cm³/mol. The van der Waals surface area contributed by atoms with Gasteiger partial charge < -0.3 is 9.84 Å². The highest BCUT2D eigenvalue weighted by molar-refractivity contribution is 9.10. The monoisotopic (exact) mass is 525 g/mol. The van der Waals surface area contributed by atoms with Gasteiger partial charge in [-0.1, -0.05) is 40.7 Å². The molecule has 4 rings (SSSR count). The fourth-order valence-electron chi connectivity index (χ4n) is 4.56. The van der Waals surface area contributed by atoms with Crippen LogP contribution in [0, 0.1) is 13.8 Å². The topological polar surface area (TPSA) is 59.4 Å². The molecule has 1 aromatic carbocycles. The number of carboxylic acids is 1. The van der Waals surface area contributed by atoms with Gasteiger partial charge in [-0.15, -0.1) is 11.8 Å². The average molecular weight is 526 g/mol. The molecule has 1 aliphatic heterocycles. The lowest BCUT2D eigenvalue weighted by atomic mass is 9.89. The maximum Gasteiger partial charge on any atom is 0.303 e. The van der Waals surface area contributed by atoms with E-state index in [1.807, 2.05) is 6.07 Å². The van der Waals surface area contributed by atoms with Crippen molar-refractivity contribution >= 4 is 39.2 Å². The summed E-state index contributed by atoms with van der Waals surface area (Å²) in [6, 6.07) is 6.26. The second kappa shape index (κ2) is 10.3. The smallest absolute Gasteiger partial charge is 0.303 e. The number of hydrogen-bond acceptors (Lipinski definition) is 4. The number of aliphatic carboxylic acids is 1. The molecule has 6 heteroatoms. The highest BCUT2D eigenvalue weighted by Gasteiger charge is 2.27. The number of carboxylic acid groups (broad SMARTS) is 1. The number of hydrogen-bond donors (Lipinski definition) is 1. The maximum absolute atomic E-state index is 11.1. The molecule has 1 aromatic heterocycles. The van der Waals surface area contributed by atoms with Gasteiger partial charge in [-0.2, -0.15) is 0 Å². The van der Waals surface area contributed by atoms with Crippen LogP contribution < -0.4 is 4.74 Å². The van der Waals surface area contributed by atoms with E-state index in [0.29, 0.717) is 5.88 Å². The van der Waals surface area contributed by atoms with Crippen LogP contribution in [0.4, 0.5) is 0 Å². The van der Waals surface area contributed by atoms with Crippen molar-refractivity contribution in [2.24, 2.45) is 0 Å². The van der Waals surface area contributed by atoms with Gasteiger partial charge in [-0.05, 0) is 72.2 Å². The van der Waals surface area contributed by atoms with Crippen molar-refractivity contribution in [3.8, 4) is 5.88 Å². The summed E-state index contributed by atoms with van der Waals surface area (Å²) >= 11 is 5.28. The number of thioether (sulfide) groups is 1. The van der Waals surface area contributed by atoms with Gasteiger partial charge in [0.2, 0.25) is 5.88 Å². The van der Waals surface area contributed by atoms with Crippen LogP contribution in [-0.2, 0) is 4.79 Å². The summed E-state index contributed by atoms with van der Waals surface area (Å²) in [6.45, 7) is 8.69. The number of allylic oxidation sites excluding steroid dienone is 4. The van der Waals surface area contributed by atoms with E-state index >= 15 is 0 Å². The molecule has 0 saturated heterocycles. The third kappa shape index (κ3) is 5.61. The van der Waals surface area contributed by atoms with Crippen molar-refractivity contribution in [2.75, 3.05) is 5.75 Å². The third-order valence-corrected chi connectivity index (χ3v) is 7.86. The van der Waals surface area contributed by atoms with Crippen LogP contribution in [0.3, 0.4) is 0 Å². The van der Waals surface area contributed by atoms with E-state index in [4.69, 9.17) is 9.84 Å². The highest BCUT2D eigenvalue weighted by Crippen LogP contribution is 2.42. The van der Waals surface area contributed by atoms with Gasteiger partial charge in [0, 0.05) is 39.7 Å². The maximum atomic E-state index is 11.1. The summed E-state index contributed by atoms with van der Waals surface area (Å²) in [7, 11) is 0. The Morgan fingerprint density at radius 1 is 1.30 bits per heavy atom. The Kier molecular flexibility index (Phi) is 7.45. The van der Waals surface area contributed by atoms with Crippen molar-refractivity contribution in [3.05, 3.63) is 81.5 Å². The largest absolute Gasteiger partial charge is 0.481 e. The molecule has 33 heavy (non-hydrogen) atoms. The summed E-state index contributed by atoms with van der Waals surface area (Å²) in [4.78, 5) is 16.7. The van der Waals surface area contributed by atoms with Crippen molar-refractivity contribution in [1.82, 2.24) is 4.98 Å². The van der Waals surface area contributed by atoms with Gasteiger partial charge in [0.05, 0.1) is 6.42 Å². The SMILES string of the molecule is C=C1CCC(Oc2cc3c(cn2)[C@H](CC(=O)O)CS3)C/C=C\C=C/1c1c(C)cc(Br)cc1C. The Balaban J connectivity index is 1.46. The minimum atomic E-state index is -0.770. The zero-order valence-corrected chi connectivity index (χ0v) is 21.3. The van der Waals surface area contributed by atoms with Gasteiger partial charge >= 0.3 is 5.97 Å². The van der Waals surface area contributed by atoms with Gasteiger partial charge in [-0.25, -0.2) is 4.98 Å². The second-order valence-electron chi connectivity index (χ2n) is 8.71. The first kappa shape index (κ1) is 23.8. The number of nitrogens with zero attached hydrogens (tertiary/aromatic N) is 1. The minimum Gasteiger partial charge on any atom is -0.481 e. The Morgan fingerprint density at radius 3 is 2.79 bits per heavy atom. The van der Waals surface area contributed by atoms with E-state index in [0.717, 1.165) is 45.5 Å². The molecule has 2 aliphatic rings. The molecule has 4 nitrogen and oxygen atoms in total. The third-order valence-electron chi connectivity index (χ3n) is 6.17. The number of carbonyl (C=O) groups is 1. The first-order valence-electron chi connectivity index (χ1n) is 11.1. The molecule has 0 spiro atoms. The molecule has 1 aliphatic carbocycles. The van der Waals surface area contributed by atoms with Crippen molar-refractivity contribution in [3.63, 3.8) is 0 Å². The number of rotatable bonds is 5. The fraction of sp³-hybridized carbons (Fsp3) is 0.333. The average Bonchev–Trinajstić information content (AvgIpc) is 3.16. The molecule has 0 radical (unpaired) electrons. The number of benzene rings is 1. The van der Waals surface area contributed by atoms with Crippen LogP contribution in [0.5, 0.6) is 5.88 Å². The van der Waals surface area contributed by atoms with Crippen molar-refractivity contribution in [2.45, 2.75) is 56.4 Å².